The van der Waals surface area contributed by atoms with E-state index in [-0.39, 0.29) is 0 Å². The molecule has 0 saturated heterocycles. The van der Waals surface area contributed by atoms with Crippen LogP contribution in [0.3, 0.4) is 0 Å². The fourth-order valence-electron chi connectivity index (χ4n) is 14.0. The first-order valence-corrected chi connectivity index (χ1v) is 44.9. The lowest BCUT2D eigenvalue weighted by atomic mass is 10.1. The van der Waals surface area contributed by atoms with E-state index in [9.17, 15) is 0 Å². The summed E-state index contributed by atoms with van der Waals surface area (Å²) in [6.45, 7) is 36.9. The first-order chi connectivity index (χ1) is 55.7. The molecule has 0 aliphatic rings. The molecule has 0 amide bonds. The summed E-state index contributed by atoms with van der Waals surface area (Å²) in [6.07, 6.45) is 36.9. The second-order valence-electron chi connectivity index (χ2n) is 32.3. The first-order valence-electron chi connectivity index (χ1n) is 44.9. The van der Waals surface area contributed by atoms with Gasteiger partial charge in [0, 0.05) is 40.6 Å². The van der Waals surface area contributed by atoms with Crippen molar-refractivity contribution in [3.05, 3.63) is 82.9 Å². The molecule has 0 saturated carbocycles. The maximum atomic E-state index is 6.65. The van der Waals surface area contributed by atoms with Crippen LogP contribution in [-0.2, 0) is 56.8 Å². The molecule has 0 aliphatic heterocycles. The highest BCUT2D eigenvalue weighted by Crippen LogP contribution is 2.29. The van der Waals surface area contributed by atoms with E-state index in [1.165, 1.54) is 103 Å². The van der Waals surface area contributed by atoms with Gasteiger partial charge < -0.3 is 93.7 Å². The molecular weight excluding hydrogens is 1440 g/mol. The number of hydrogen-bond acceptors (Lipinski definition) is 16. The van der Waals surface area contributed by atoms with Crippen LogP contribution in [0.15, 0.2) is 60.7 Å². The third-order valence-electron chi connectivity index (χ3n) is 21.6. The SMILES string of the molecule is CCCCCC[N+](C)(CCCCOc1cc(/C=C/c2ccc(/C=C/c3cc(OCCCC[N+](C)(CCCCCC)CCOCCOCCOC)cc(OCCCC[N+](C)(CCCCCC)CCOCCOCCOC)c3)cc2)cc(OCCCC[N+](C)(CCCCCC)CCOCCOCCOC)c1)CCOCCOCCOC. The molecule has 0 spiro atoms. The standard InChI is InChI=1S/C94H170N4O16/c1-13-17-21-25-45-95(5,53-61-103-73-77-107-69-65-99-9)49-29-33-57-111-91-81-89(82-92(85-91)112-58-34-30-50-96(6,46-26-22-18-14-2)54-62-104-74-78-108-70-66-100-10)43-41-87-37-39-88(40-38-87)42-44-90-83-93(113-59-35-31-51-97(7,47-27-23-19-15-3)55-63-105-75-79-109-71-67-101-11)86-94(84-90)114-60-36-32-52-98(8,48-28-24-20-16-4)56-64-106-76-80-110-72-68-102-12/h37-44,81-86H,13-36,45-80H2,1-12H3/q+4/b43-41+,44-42+. The van der Waals surface area contributed by atoms with Crippen LogP contribution in [0.5, 0.6) is 23.0 Å². The summed E-state index contributed by atoms with van der Waals surface area (Å²) in [5.41, 5.74) is 4.28. The van der Waals surface area contributed by atoms with Crippen molar-refractivity contribution >= 4 is 24.3 Å². The molecule has 0 radical (unpaired) electrons. The third-order valence-corrected chi connectivity index (χ3v) is 21.6. The lowest BCUT2D eigenvalue weighted by Crippen LogP contribution is -2.48. The molecule has 0 aromatic heterocycles. The second kappa shape index (κ2) is 70.5. The van der Waals surface area contributed by atoms with Crippen LogP contribution in [0.1, 0.15) is 204 Å². The molecular formula is C94H170N4O16+4. The van der Waals surface area contributed by atoms with Gasteiger partial charge in [-0.15, -0.1) is 0 Å². The Morgan fingerprint density at radius 3 is 0.605 bits per heavy atom. The number of methoxy groups -OCH3 is 4. The highest BCUT2D eigenvalue weighted by atomic mass is 16.6. The van der Waals surface area contributed by atoms with Gasteiger partial charge in [0.2, 0.25) is 0 Å². The number of ether oxygens (including phenoxy) is 16. The maximum Gasteiger partial charge on any atom is 0.123 e. The van der Waals surface area contributed by atoms with Gasteiger partial charge in [-0.05, 0) is 149 Å². The fourth-order valence-corrected chi connectivity index (χ4v) is 14.0. The van der Waals surface area contributed by atoms with Crippen molar-refractivity contribution in [2.45, 2.75) is 182 Å². The Morgan fingerprint density at radius 1 is 0.202 bits per heavy atom. The molecule has 3 rings (SSSR count). The van der Waals surface area contributed by atoms with Crippen LogP contribution >= 0.6 is 0 Å². The van der Waals surface area contributed by atoms with Gasteiger partial charge in [0.15, 0.2) is 0 Å². The van der Waals surface area contributed by atoms with Gasteiger partial charge in [-0.25, -0.2) is 0 Å². The van der Waals surface area contributed by atoms with Crippen molar-refractivity contribution in [3.8, 4) is 23.0 Å². The quantitative estimate of drug-likeness (QED) is 0.0299. The van der Waals surface area contributed by atoms with Gasteiger partial charge in [0.25, 0.3) is 0 Å². The molecule has 4 unspecified atom stereocenters. The number of likely N-dealkylation sites (N-methyl/N-ethyl adjacent to an activating group) is 4. The Bertz CT molecular complexity index is 2410. The zero-order chi connectivity index (χ0) is 82.3. The van der Waals surface area contributed by atoms with E-state index in [1.54, 1.807) is 28.4 Å². The van der Waals surface area contributed by atoms with E-state index in [0.717, 1.165) is 220 Å². The van der Waals surface area contributed by atoms with E-state index in [1.807, 2.05) is 0 Å². The zero-order valence-electron chi connectivity index (χ0n) is 74.8. The summed E-state index contributed by atoms with van der Waals surface area (Å²) in [6, 6.07) is 21.5. The molecule has 20 nitrogen and oxygen atoms in total. The van der Waals surface area contributed by atoms with Crippen molar-refractivity contribution in [2.75, 3.05) is 294 Å². The summed E-state index contributed by atoms with van der Waals surface area (Å²) < 4.78 is 98.0. The van der Waals surface area contributed by atoms with Gasteiger partial charge in [-0.1, -0.05) is 128 Å². The number of benzene rings is 3. The maximum absolute atomic E-state index is 6.65. The molecule has 114 heavy (non-hydrogen) atoms. The van der Waals surface area contributed by atoms with Crippen LogP contribution in [0.2, 0.25) is 0 Å². The van der Waals surface area contributed by atoms with Crippen molar-refractivity contribution < 1.29 is 93.7 Å². The zero-order valence-corrected chi connectivity index (χ0v) is 74.8. The average molecular weight is 1610 g/mol. The Labute approximate surface area is 696 Å². The number of quaternary nitrogens is 4. The molecule has 0 N–H and O–H groups in total. The van der Waals surface area contributed by atoms with E-state index >= 15 is 0 Å². The van der Waals surface area contributed by atoms with E-state index in [2.05, 4.69) is 141 Å². The third kappa shape index (κ3) is 56.2. The summed E-state index contributed by atoms with van der Waals surface area (Å²) >= 11 is 0. The Kier molecular flexibility index (Phi) is 64.3. The number of nitrogens with zero attached hydrogens (tertiary/aromatic N) is 4. The summed E-state index contributed by atoms with van der Waals surface area (Å²) in [5, 5.41) is 0. The lowest BCUT2D eigenvalue weighted by Gasteiger charge is -2.35. The van der Waals surface area contributed by atoms with Gasteiger partial charge in [0.05, 0.1) is 239 Å². The molecule has 658 valence electrons. The minimum absolute atomic E-state index is 0.589. The highest BCUT2D eigenvalue weighted by molar-refractivity contribution is 5.74. The van der Waals surface area contributed by atoms with Crippen molar-refractivity contribution in [1.29, 1.82) is 0 Å². The van der Waals surface area contributed by atoms with Crippen LogP contribution in [0, 0.1) is 0 Å². The van der Waals surface area contributed by atoms with E-state index < -0.39 is 0 Å². The monoisotopic (exact) mass is 1610 g/mol. The lowest BCUT2D eigenvalue weighted by molar-refractivity contribution is -0.910. The molecule has 4 atom stereocenters. The molecule has 0 aliphatic carbocycles. The second-order valence-corrected chi connectivity index (χ2v) is 32.3. The van der Waals surface area contributed by atoms with Crippen LogP contribution < -0.4 is 18.9 Å². The first kappa shape index (κ1) is 104. The van der Waals surface area contributed by atoms with Crippen molar-refractivity contribution in [3.63, 3.8) is 0 Å². The predicted octanol–water partition coefficient (Wildman–Crippen LogP) is 17.5. The minimum Gasteiger partial charge on any atom is -0.493 e. The highest BCUT2D eigenvalue weighted by Gasteiger charge is 2.25. The van der Waals surface area contributed by atoms with Gasteiger partial charge in [0.1, 0.15) is 49.2 Å². The molecule has 0 bridgehead atoms. The van der Waals surface area contributed by atoms with E-state index in [4.69, 9.17) is 75.8 Å². The summed E-state index contributed by atoms with van der Waals surface area (Å²) in [7, 11) is 16.4. The predicted molar refractivity (Wildman–Crippen MR) is 470 cm³/mol. The molecule has 0 heterocycles. The molecule has 3 aromatic carbocycles. The molecule has 20 heteroatoms. The van der Waals surface area contributed by atoms with Gasteiger partial charge in [-0.2, -0.15) is 0 Å². The van der Waals surface area contributed by atoms with Crippen molar-refractivity contribution in [2.24, 2.45) is 0 Å². The Hall–Kier alpha value is -4.30. The van der Waals surface area contributed by atoms with E-state index in [0.29, 0.717) is 132 Å². The minimum atomic E-state index is 0.589. The number of unbranched alkanes of at least 4 members (excludes halogenated alkanes) is 16. The fraction of sp³-hybridized carbons (Fsp3) is 0.766. The number of hydrogen-bond donors (Lipinski definition) is 0. The molecule has 0 fully saturated rings. The normalized spacial score (nSPS) is 14.1. The molecule has 3 aromatic rings. The van der Waals surface area contributed by atoms with Crippen LogP contribution in [0.4, 0.5) is 0 Å². The van der Waals surface area contributed by atoms with Crippen LogP contribution in [-0.4, -0.2) is 312 Å². The van der Waals surface area contributed by atoms with Crippen LogP contribution in [0.25, 0.3) is 24.3 Å². The largest absolute Gasteiger partial charge is 0.493 e. The number of rotatable bonds is 84. The van der Waals surface area contributed by atoms with Gasteiger partial charge >= 0.3 is 0 Å². The van der Waals surface area contributed by atoms with Crippen molar-refractivity contribution in [1.82, 2.24) is 0 Å². The topological polar surface area (TPSA) is 148 Å². The Morgan fingerprint density at radius 2 is 0.395 bits per heavy atom. The summed E-state index contributed by atoms with van der Waals surface area (Å²) in [5.74, 6) is 3.31. The average Bonchev–Trinajstić information content (AvgIpc) is 0.854. The summed E-state index contributed by atoms with van der Waals surface area (Å²) in [4.78, 5) is 0. The Balaban J connectivity index is 1.85. The smallest absolute Gasteiger partial charge is 0.123 e. The van der Waals surface area contributed by atoms with Gasteiger partial charge in [-0.3, -0.25) is 0 Å².